The Morgan fingerprint density at radius 3 is 2.47 bits per heavy atom. The van der Waals surface area contributed by atoms with Crippen LogP contribution in [0, 0.1) is 5.41 Å². The maximum absolute atomic E-state index is 3.51. The van der Waals surface area contributed by atoms with Gasteiger partial charge >= 0.3 is 0 Å². The van der Waals surface area contributed by atoms with Crippen LogP contribution in [0.1, 0.15) is 44.7 Å². The number of hydrogen-bond acceptors (Lipinski definition) is 1. The molecule has 1 unspecified atom stereocenters. The largest absolute Gasteiger partial charge is 0.314 e. The molecule has 0 heterocycles. The van der Waals surface area contributed by atoms with Gasteiger partial charge in [-0.3, -0.25) is 0 Å². The van der Waals surface area contributed by atoms with Gasteiger partial charge in [0.25, 0.3) is 0 Å². The van der Waals surface area contributed by atoms with E-state index in [-0.39, 0.29) is 5.54 Å². The van der Waals surface area contributed by atoms with Gasteiger partial charge in [0.05, 0.1) is 0 Å². The molecule has 1 aromatic carbocycles. The van der Waals surface area contributed by atoms with Gasteiger partial charge in [-0.05, 0) is 63.1 Å². The predicted molar refractivity (Wildman–Crippen MR) is 74.3 cm³/mol. The molecule has 1 heteroatoms. The van der Waals surface area contributed by atoms with Gasteiger partial charge in [-0.1, -0.05) is 31.2 Å². The summed E-state index contributed by atoms with van der Waals surface area (Å²) in [6.07, 6.45) is 5.04. The first kappa shape index (κ1) is 12.6. The zero-order valence-corrected chi connectivity index (χ0v) is 11.6. The average molecular weight is 231 g/mol. The highest BCUT2D eigenvalue weighted by Crippen LogP contribution is 2.42. The van der Waals surface area contributed by atoms with E-state index in [1.165, 1.54) is 25.7 Å². The van der Waals surface area contributed by atoms with E-state index in [9.17, 15) is 0 Å². The Bertz CT molecular complexity index is 394. The van der Waals surface area contributed by atoms with Crippen LogP contribution in [0.25, 0.3) is 0 Å². The van der Waals surface area contributed by atoms with Crippen LogP contribution < -0.4 is 5.32 Å². The minimum Gasteiger partial charge on any atom is -0.314 e. The van der Waals surface area contributed by atoms with Gasteiger partial charge in [0.1, 0.15) is 0 Å². The monoisotopic (exact) mass is 231 g/mol. The van der Waals surface area contributed by atoms with Crippen LogP contribution in [0.15, 0.2) is 24.3 Å². The van der Waals surface area contributed by atoms with Crippen LogP contribution >= 0.6 is 0 Å². The summed E-state index contributed by atoms with van der Waals surface area (Å²) < 4.78 is 0. The first-order valence-electron chi connectivity index (χ1n) is 6.74. The highest BCUT2D eigenvalue weighted by molar-refractivity contribution is 5.30. The number of aryl methyl sites for hydroxylation is 1. The topological polar surface area (TPSA) is 12.0 Å². The van der Waals surface area contributed by atoms with Crippen molar-refractivity contribution < 1.29 is 0 Å². The smallest absolute Gasteiger partial charge is 0.0178 e. The molecule has 0 aromatic heterocycles. The molecule has 1 nitrogen and oxygen atoms in total. The maximum Gasteiger partial charge on any atom is 0.0178 e. The van der Waals surface area contributed by atoms with E-state index in [2.05, 4.69) is 57.4 Å². The minimum atomic E-state index is 0.185. The van der Waals surface area contributed by atoms with Crippen LogP contribution in [-0.2, 0) is 12.8 Å². The third-order valence-electron chi connectivity index (χ3n) is 5.01. The van der Waals surface area contributed by atoms with Crippen molar-refractivity contribution in [3.63, 3.8) is 0 Å². The lowest BCUT2D eigenvalue weighted by Crippen LogP contribution is -2.52. The van der Waals surface area contributed by atoms with Crippen molar-refractivity contribution in [2.45, 2.75) is 52.0 Å². The minimum absolute atomic E-state index is 0.185. The Morgan fingerprint density at radius 2 is 1.82 bits per heavy atom. The molecule has 0 saturated heterocycles. The van der Waals surface area contributed by atoms with Crippen LogP contribution in [0.4, 0.5) is 0 Å². The Labute approximate surface area is 106 Å². The summed E-state index contributed by atoms with van der Waals surface area (Å²) in [6, 6.07) is 8.96. The highest BCUT2D eigenvalue weighted by atomic mass is 14.9. The number of fused-ring (bicyclic) bond motifs is 1. The second-order valence-electron chi connectivity index (χ2n) is 6.23. The molecular formula is C16H25N. The third-order valence-corrected chi connectivity index (χ3v) is 5.01. The molecule has 17 heavy (non-hydrogen) atoms. The van der Waals surface area contributed by atoms with E-state index in [1.54, 1.807) is 11.1 Å². The second-order valence-corrected chi connectivity index (χ2v) is 6.23. The molecule has 0 radical (unpaired) electrons. The molecule has 0 spiro atoms. The Hall–Kier alpha value is -0.820. The first-order chi connectivity index (χ1) is 7.98. The van der Waals surface area contributed by atoms with E-state index in [0.29, 0.717) is 5.41 Å². The SMILES string of the molecule is CNC(C)(C)C1(C)CCCc2ccccc2C1. The molecule has 1 aromatic rings. The number of benzene rings is 1. The lowest BCUT2D eigenvalue weighted by atomic mass is 9.67. The number of nitrogens with one attached hydrogen (secondary N) is 1. The van der Waals surface area contributed by atoms with E-state index in [1.807, 2.05) is 0 Å². The van der Waals surface area contributed by atoms with Gasteiger partial charge in [-0.25, -0.2) is 0 Å². The van der Waals surface area contributed by atoms with E-state index < -0.39 is 0 Å². The summed E-state index contributed by atoms with van der Waals surface area (Å²) in [6.45, 7) is 7.10. The fourth-order valence-corrected chi connectivity index (χ4v) is 2.99. The fourth-order valence-electron chi connectivity index (χ4n) is 2.99. The van der Waals surface area contributed by atoms with Crippen molar-refractivity contribution in [1.82, 2.24) is 5.32 Å². The molecule has 94 valence electrons. The molecule has 0 bridgehead atoms. The number of rotatable bonds is 2. The lowest BCUT2D eigenvalue weighted by Gasteiger charge is -2.44. The van der Waals surface area contributed by atoms with Gasteiger partial charge in [0.2, 0.25) is 0 Å². The fraction of sp³-hybridized carbons (Fsp3) is 0.625. The van der Waals surface area contributed by atoms with Crippen molar-refractivity contribution in [2.75, 3.05) is 7.05 Å². The van der Waals surface area contributed by atoms with Gasteiger partial charge in [-0.2, -0.15) is 0 Å². The number of hydrogen-bond donors (Lipinski definition) is 1. The first-order valence-corrected chi connectivity index (χ1v) is 6.74. The lowest BCUT2D eigenvalue weighted by molar-refractivity contribution is 0.128. The van der Waals surface area contributed by atoms with E-state index >= 15 is 0 Å². The molecule has 0 saturated carbocycles. The molecular weight excluding hydrogens is 206 g/mol. The highest BCUT2D eigenvalue weighted by Gasteiger charge is 2.40. The Balaban J connectivity index is 2.35. The molecule has 0 amide bonds. The Kier molecular flexibility index (Phi) is 3.31. The van der Waals surface area contributed by atoms with E-state index in [4.69, 9.17) is 0 Å². The quantitative estimate of drug-likeness (QED) is 0.767. The molecule has 2 rings (SSSR count). The maximum atomic E-state index is 3.51. The van der Waals surface area contributed by atoms with Crippen LogP contribution in [-0.4, -0.2) is 12.6 Å². The van der Waals surface area contributed by atoms with Crippen molar-refractivity contribution in [1.29, 1.82) is 0 Å². The van der Waals surface area contributed by atoms with Gasteiger partial charge < -0.3 is 5.32 Å². The van der Waals surface area contributed by atoms with Crippen molar-refractivity contribution >= 4 is 0 Å². The third kappa shape index (κ3) is 2.26. The van der Waals surface area contributed by atoms with Crippen molar-refractivity contribution in [2.24, 2.45) is 5.41 Å². The zero-order valence-electron chi connectivity index (χ0n) is 11.6. The van der Waals surface area contributed by atoms with Crippen LogP contribution in [0.3, 0.4) is 0 Å². The molecule has 1 atom stereocenters. The van der Waals surface area contributed by atoms with Crippen LogP contribution in [0.2, 0.25) is 0 Å². The predicted octanol–water partition coefficient (Wildman–Crippen LogP) is 3.57. The summed E-state index contributed by atoms with van der Waals surface area (Å²) in [5.74, 6) is 0. The molecule has 0 fully saturated rings. The molecule has 1 aliphatic rings. The average Bonchev–Trinajstić information content (AvgIpc) is 2.48. The standard InChI is InChI=1S/C16H25N/c1-15(2,17-4)16(3)11-7-10-13-8-5-6-9-14(13)12-16/h5-6,8-9,17H,7,10-12H2,1-4H3. The van der Waals surface area contributed by atoms with Crippen LogP contribution in [0.5, 0.6) is 0 Å². The molecule has 0 aliphatic heterocycles. The van der Waals surface area contributed by atoms with E-state index in [0.717, 1.165) is 0 Å². The van der Waals surface area contributed by atoms with Crippen molar-refractivity contribution in [3.8, 4) is 0 Å². The summed E-state index contributed by atoms with van der Waals surface area (Å²) >= 11 is 0. The second kappa shape index (κ2) is 4.45. The summed E-state index contributed by atoms with van der Waals surface area (Å²) in [5, 5.41) is 3.51. The van der Waals surface area contributed by atoms with Gasteiger partial charge in [-0.15, -0.1) is 0 Å². The summed E-state index contributed by atoms with van der Waals surface area (Å²) in [5.41, 5.74) is 3.64. The normalized spacial score (nSPS) is 25.2. The van der Waals surface area contributed by atoms with Gasteiger partial charge in [0.15, 0.2) is 0 Å². The van der Waals surface area contributed by atoms with Crippen molar-refractivity contribution in [3.05, 3.63) is 35.4 Å². The molecule has 1 N–H and O–H groups in total. The molecule has 1 aliphatic carbocycles. The summed E-state index contributed by atoms with van der Waals surface area (Å²) in [4.78, 5) is 0. The zero-order chi connectivity index (χ0) is 12.5. The Morgan fingerprint density at radius 1 is 1.18 bits per heavy atom. The van der Waals surface area contributed by atoms with Gasteiger partial charge in [0, 0.05) is 5.54 Å². The summed E-state index contributed by atoms with van der Waals surface area (Å²) in [7, 11) is 2.09.